The Balaban J connectivity index is 1.82. The molecule has 140 valence electrons. The molecule has 0 heterocycles. The zero-order chi connectivity index (χ0) is 19.0. The Labute approximate surface area is 165 Å². The van der Waals surface area contributed by atoms with E-state index in [1.165, 1.54) is 47.9 Å². The van der Waals surface area contributed by atoms with Crippen molar-refractivity contribution >= 4 is 12.2 Å². The molecular formula is C27H32. The largest absolute Gasteiger partial charge is 0.0651 e. The molecule has 27 heavy (non-hydrogen) atoms. The summed E-state index contributed by atoms with van der Waals surface area (Å²) in [4.78, 5) is 0. The molecule has 0 heteroatoms. The predicted molar refractivity (Wildman–Crippen MR) is 118 cm³/mol. The molecule has 2 unspecified atom stereocenters. The van der Waals surface area contributed by atoms with Crippen molar-refractivity contribution in [3.63, 3.8) is 0 Å². The van der Waals surface area contributed by atoms with E-state index in [0.717, 1.165) is 0 Å². The van der Waals surface area contributed by atoms with Crippen molar-refractivity contribution in [2.24, 2.45) is 5.41 Å². The summed E-state index contributed by atoms with van der Waals surface area (Å²) in [5, 5.41) is 0. The molecule has 0 aromatic heterocycles. The summed E-state index contributed by atoms with van der Waals surface area (Å²) in [6.07, 6.45) is 9.79. The summed E-state index contributed by atoms with van der Waals surface area (Å²) < 4.78 is 0. The van der Waals surface area contributed by atoms with Gasteiger partial charge in [0.15, 0.2) is 0 Å². The highest BCUT2D eigenvalue weighted by molar-refractivity contribution is 5.70. The fourth-order valence-electron chi connectivity index (χ4n) is 5.71. The first-order valence-corrected chi connectivity index (χ1v) is 10.7. The minimum atomic E-state index is 0.154. The maximum Gasteiger partial charge on any atom is 0.0118 e. The summed E-state index contributed by atoms with van der Waals surface area (Å²) in [6.45, 7) is 9.64. The Bertz CT molecular complexity index is 820. The third-order valence-corrected chi connectivity index (χ3v) is 6.60. The first-order chi connectivity index (χ1) is 13.1. The molecule has 2 aromatic rings. The molecule has 2 aliphatic rings. The third kappa shape index (κ3) is 3.00. The number of rotatable bonds is 6. The number of allylic oxidation sites excluding steroid dienone is 2. The highest BCUT2D eigenvalue weighted by Crippen LogP contribution is 2.59. The van der Waals surface area contributed by atoms with Gasteiger partial charge in [0.05, 0.1) is 0 Å². The number of hydrogen-bond donors (Lipinski definition) is 0. The van der Waals surface area contributed by atoms with Crippen LogP contribution in [-0.2, 0) is 0 Å². The normalized spacial score (nSPS) is 20.9. The zero-order valence-electron chi connectivity index (χ0n) is 17.3. The molecule has 0 N–H and O–H groups in total. The van der Waals surface area contributed by atoms with Crippen molar-refractivity contribution in [2.45, 2.75) is 65.2 Å². The van der Waals surface area contributed by atoms with E-state index in [-0.39, 0.29) is 5.41 Å². The number of benzene rings is 2. The number of hydrogen-bond acceptors (Lipinski definition) is 0. The topological polar surface area (TPSA) is 0 Å². The Kier molecular flexibility index (Phi) is 4.84. The maximum absolute atomic E-state index is 2.51. The Morgan fingerprint density at radius 3 is 1.48 bits per heavy atom. The highest BCUT2D eigenvalue weighted by atomic mass is 14.5. The van der Waals surface area contributed by atoms with Crippen LogP contribution in [0, 0.1) is 5.41 Å². The second kappa shape index (κ2) is 7.15. The van der Waals surface area contributed by atoms with E-state index < -0.39 is 0 Å². The molecule has 2 aliphatic carbocycles. The van der Waals surface area contributed by atoms with Gasteiger partial charge < -0.3 is 0 Å². The van der Waals surface area contributed by atoms with E-state index >= 15 is 0 Å². The number of fused-ring (bicyclic) bond motifs is 2. The third-order valence-electron chi connectivity index (χ3n) is 6.60. The van der Waals surface area contributed by atoms with E-state index in [4.69, 9.17) is 0 Å². The van der Waals surface area contributed by atoms with Gasteiger partial charge in [0.2, 0.25) is 0 Å². The minimum Gasteiger partial charge on any atom is -0.0651 e. The minimum absolute atomic E-state index is 0.154. The van der Waals surface area contributed by atoms with Crippen LogP contribution in [0.1, 0.15) is 87.5 Å². The van der Waals surface area contributed by atoms with Crippen LogP contribution in [-0.4, -0.2) is 0 Å². The van der Waals surface area contributed by atoms with Crippen LogP contribution in [0.15, 0.2) is 59.7 Å². The zero-order valence-corrected chi connectivity index (χ0v) is 17.3. The first-order valence-electron chi connectivity index (χ1n) is 10.7. The van der Waals surface area contributed by atoms with Crippen molar-refractivity contribution in [3.05, 3.63) is 81.9 Å². The van der Waals surface area contributed by atoms with Gasteiger partial charge in [0.25, 0.3) is 0 Å². The van der Waals surface area contributed by atoms with Crippen LogP contribution in [0.4, 0.5) is 0 Å². The van der Waals surface area contributed by atoms with E-state index in [9.17, 15) is 0 Å². The van der Waals surface area contributed by atoms with Gasteiger partial charge in [-0.3, -0.25) is 0 Å². The van der Waals surface area contributed by atoms with Gasteiger partial charge in [-0.1, -0.05) is 112 Å². The molecule has 0 fully saturated rings. The monoisotopic (exact) mass is 356 g/mol. The maximum atomic E-state index is 2.51. The van der Waals surface area contributed by atoms with Crippen LogP contribution < -0.4 is 0 Å². The van der Waals surface area contributed by atoms with Crippen molar-refractivity contribution < 1.29 is 0 Å². The molecule has 0 radical (unpaired) electrons. The van der Waals surface area contributed by atoms with Gasteiger partial charge in [-0.15, -0.1) is 0 Å². The van der Waals surface area contributed by atoms with Gasteiger partial charge in [-0.25, -0.2) is 0 Å². The summed E-state index contributed by atoms with van der Waals surface area (Å²) >= 11 is 0. The van der Waals surface area contributed by atoms with Crippen LogP contribution >= 0.6 is 0 Å². The molecule has 0 aliphatic heterocycles. The lowest BCUT2D eigenvalue weighted by atomic mass is 9.61. The quantitative estimate of drug-likeness (QED) is 0.492. The molecule has 0 amide bonds. The highest BCUT2D eigenvalue weighted by Gasteiger charge is 2.46. The molecule has 4 rings (SSSR count). The average molecular weight is 357 g/mol. The Hall–Kier alpha value is -2.08. The lowest BCUT2D eigenvalue weighted by Gasteiger charge is -2.42. The summed E-state index contributed by atoms with van der Waals surface area (Å²) in [7, 11) is 0. The Morgan fingerprint density at radius 1 is 0.667 bits per heavy atom. The molecule has 0 bridgehead atoms. The van der Waals surface area contributed by atoms with Gasteiger partial charge >= 0.3 is 0 Å². The fourth-order valence-corrected chi connectivity index (χ4v) is 5.71. The van der Waals surface area contributed by atoms with E-state index in [1.807, 2.05) is 0 Å². The molecular weight excluding hydrogens is 324 g/mol. The van der Waals surface area contributed by atoms with Crippen molar-refractivity contribution in [2.75, 3.05) is 0 Å². The van der Waals surface area contributed by atoms with Gasteiger partial charge in [-0.05, 0) is 40.5 Å². The standard InChI is InChI=1S/C27H32/c1-5-11-21-17-19-13-7-9-15-23(19)25(21)27(3,4)26-22(12-6-2)18-20-14-8-10-16-24(20)26/h7-10,13-18,25-26H,5-6,11-12H2,1-4H3. The van der Waals surface area contributed by atoms with Gasteiger partial charge in [0.1, 0.15) is 0 Å². The lowest BCUT2D eigenvalue weighted by Crippen LogP contribution is -2.30. The average Bonchev–Trinajstić information content (AvgIpc) is 3.20. The SMILES string of the molecule is CCCC1=Cc2ccccc2C1C(C)(C)C1C(CCC)=Cc2ccccc21. The second-order valence-electron chi connectivity index (χ2n) is 8.88. The smallest absolute Gasteiger partial charge is 0.0118 e. The van der Waals surface area contributed by atoms with Crippen molar-refractivity contribution in [1.82, 2.24) is 0 Å². The fraction of sp³-hybridized carbons (Fsp3) is 0.407. The predicted octanol–water partition coefficient (Wildman–Crippen LogP) is 7.97. The molecule has 0 saturated heterocycles. The second-order valence-corrected chi connectivity index (χ2v) is 8.88. The van der Waals surface area contributed by atoms with E-state index in [2.05, 4.69) is 88.4 Å². The molecule has 2 aromatic carbocycles. The van der Waals surface area contributed by atoms with Crippen molar-refractivity contribution in [1.29, 1.82) is 0 Å². The van der Waals surface area contributed by atoms with Gasteiger partial charge in [-0.2, -0.15) is 0 Å². The van der Waals surface area contributed by atoms with Crippen LogP contribution in [0.2, 0.25) is 0 Å². The molecule has 0 saturated carbocycles. The van der Waals surface area contributed by atoms with Crippen LogP contribution in [0.3, 0.4) is 0 Å². The van der Waals surface area contributed by atoms with Gasteiger partial charge in [0, 0.05) is 11.8 Å². The van der Waals surface area contributed by atoms with Crippen LogP contribution in [0.5, 0.6) is 0 Å². The van der Waals surface area contributed by atoms with E-state index in [0.29, 0.717) is 11.8 Å². The summed E-state index contributed by atoms with van der Waals surface area (Å²) in [5.74, 6) is 1.01. The summed E-state index contributed by atoms with van der Waals surface area (Å²) in [6, 6.07) is 18.1. The first kappa shape index (κ1) is 18.3. The van der Waals surface area contributed by atoms with Crippen LogP contribution in [0.25, 0.3) is 12.2 Å². The molecule has 0 spiro atoms. The lowest BCUT2D eigenvalue weighted by molar-refractivity contribution is 0.268. The van der Waals surface area contributed by atoms with E-state index in [1.54, 1.807) is 11.1 Å². The Morgan fingerprint density at radius 2 is 1.07 bits per heavy atom. The molecule has 0 nitrogen and oxygen atoms in total. The van der Waals surface area contributed by atoms with Crippen molar-refractivity contribution in [3.8, 4) is 0 Å². The summed E-state index contributed by atoms with van der Waals surface area (Å²) in [5.41, 5.74) is 9.35. The molecule has 2 atom stereocenters.